The van der Waals surface area contributed by atoms with E-state index in [0.29, 0.717) is 11.7 Å². The van der Waals surface area contributed by atoms with Crippen LogP contribution in [0.3, 0.4) is 0 Å². The maximum absolute atomic E-state index is 12.3. The molecule has 1 heterocycles. The third kappa shape index (κ3) is 4.30. The fourth-order valence-corrected chi connectivity index (χ4v) is 2.48. The standard InChI is InChI=1S/C12H17N3O4S/c1-4-15(7(2)5-10(17)18)11(19)9-6-20-12(14-9)13-8(3)16/h6-7H,4-5H2,1-3H3,(H,17,18)(H,13,14,16). The number of hydrogen-bond donors (Lipinski definition) is 2. The van der Waals surface area contributed by atoms with E-state index in [1.54, 1.807) is 19.2 Å². The first kappa shape index (κ1) is 16.1. The Kier molecular flexibility index (Phi) is 5.63. The highest BCUT2D eigenvalue weighted by Gasteiger charge is 2.23. The number of aromatic nitrogens is 1. The van der Waals surface area contributed by atoms with Crippen molar-refractivity contribution in [2.75, 3.05) is 11.9 Å². The van der Waals surface area contributed by atoms with Gasteiger partial charge in [0.15, 0.2) is 5.13 Å². The lowest BCUT2D eigenvalue weighted by Crippen LogP contribution is -2.39. The number of carboxylic acids is 1. The Labute approximate surface area is 120 Å². The molecule has 0 saturated carbocycles. The van der Waals surface area contributed by atoms with E-state index in [-0.39, 0.29) is 23.9 Å². The highest BCUT2D eigenvalue weighted by atomic mass is 32.1. The molecule has 0 spiro atoms. The van der Waals surface area contributed by atoms with E-state index in [2.05, 4.69) is 10.3 Å². The molecular weight excluding hydrogens is 282 g/mol. The summed E-state index contributed by atoms with van der Waals surface area (Å²) in [6.07, 6.45) is -0.123. The summed E-state index contributed by atoms with van der Waals surface area (Å²) in [5, 5.41) is 13.2. The Bertz CT molecular complexity index is 515. The van der Waals surface area contributed by atoms with E-state index >= 15 is 0 Å². The predicted molar refractivity (Wildman–Crippen MR) is 74.8 cm³/mol. The van der Waals surface area contributed by atoms with Crippen molar-refractivity contribution in [3.8, 4) is 0 Å². The van der Waals surface area contributed by atoms with Crippen LogP contribution < -0.4 is 5.32 Å². The maximum atomic E-state index is 12.3. The fraction of sp³-hybridized carbons (Fsp3) is 0.500. The average Bonchev–Trinajstić information content (AvgIpc) is 2.76. The smallest absolute Gasteiger partial charge is 0.305 e. The normalized spacial score (nSPS) is 11.8. The Balaban J connectivity index is 2.82. The van der Waals surface area contributed by atoms with E-state index in [4.69, 9.17) is 5.11 Å². The highest BCUT2D eigenvalue weighted by Crippen LogP contribution is 2.18. The van der Waals surface area contributed by atoms with Crippen LogP contribution in [0.4, 0.5) is 5.13 Å². The molecule has 20 heavy (non-hydrogen) atoms. The summed E-state index contributed by atoms with van der Waals surface area (Å²) in [5.74, 6) is -1.56. The number of carboxylic acid groups (broad SMARTS) is 1. The van der Waals surface area contributed by atoms with Crippen molar-refractivity contribution in [1.82, 2.24) is 9.88 Å². The lowest BCUT2D eigenvalue weighted by molar-refractivity contribution is -0.138. The van der Waals surface area contributed by atoms with Gasteiger partial charge < -0.3 is 15.3 Å². The van der Waals surface area contributed by atoms with E-state index in [1.165, 1.54) is 11.8 Å². The number of aliphatic carboxylic acids is 1. The maximum Gasteiger partial charge on any atom is 0.305 e. The van der Waals surface area contributed by atoms with E-state index in [0.717, 1.165) is 11.3 Å². The number of anilines is 1. The van der Waals surface area contributed by atoms with Gasteiger partial charge in [0, 0.05) is 24.9 Å². The van der Waals surface area contributed by atoms with Crippen molar-refractivity contribution in [3.63, 3.8) is 0 Å². The van der Waals surface area contributed by atoms with Gasteiger partial charge in [-0.15, -0.1) is 11.3 Å². The average molecular weight is 299 g/mol. The van der Waals surface area contributed by atoms with Gasteiger partial charge in [-0.1, -0.05) is 0 Å². The lowest BCUT2D eigenvalue weighted by atomic mass is 10.2. The number of amides is 2. The molecule has 0 aliphatic heterocycles. The Morgan fingerprint density at radius 3 is 2.65 bits per heavy atom. The van der Waals surface area contributed by atoms with E-state index < -0.39 is 12.0 Å². The fourth-order valence-electron chi connectivity index (χ4n) is 1.75. The quantitative estimate of drug-likeness (QED) is 0.827. The van der Waals surface area contributed by atoms with Crippen LogP contribution in [0.25, 0.3) is 0 Å². The first-order valence-corrected chi connectivity index (χ1v) is 6.99. The van der Waals surface area contributed by atoms with Crippen molar-refractivity contribution >= 4 is 34.3 Å². The molecule has 0 aliphatic rings. The zero-order valence-electron chi connectivity index (χ0n) is 11.5. The van der Waals surface area contributed by atoms with Crippen LogP contribution in [0.2, 0.25) is 0 Å². The topological polar surface area (TPSA) is 99.6 Å². The molecule has 0 saturated heterocycles. The molecular formula is C12H17N3O4S. The van der Waals surface area contributed by atoms with Crippen molar-refractivity contribution in [2.45, 2.75) is 33.2 Å². The third-order valence-electron chi connectivity index (χ3n) is 2.61. The summed E-state index contributed by atoms with van der Waals surface area (Å²) in [6.45, 7) is 5.20. The number of carbonyl (C=O) groups excluding carboxylic acids is 2. The van der Waals surface area contributed by atoms with Crippen molar-refractivity contribution in [1.29, 1.82) is 0 Å². The van der Waals surface area contributed by atoms with E-state index in [1.807, 2.05) is 0 Å². The summed E-state index contributed by atoms with van der Waals surface area (Å²) in [6, 6.07) is -0.420. The van der Waals surface area contributed by atoms with Gasteiger partial charge in [0.2, 0.25) is 5.91 Å². The molecule has 2 N–H and O–H groups in total. The minimum Gasteiger partial charge on any atom is -0.481 e. The van der Waals surface area contributed by atoms with Gasteiger partial charge in [-0.05, 0) is 13.8 Å². The molecule has 0 aliphatic carbocycles. The summed E-state index contributed by atoms with van der Waals surface area (Å²) in [4.78, 5) is 39.4. The van der Waals surface area contributed by atoms with Crippen molar-refractivity contribution < 1.29 is 19.5 Å². The zero-order valence-corrected chi connectivity index (χ0v) is 12.4. The Morgan fingerprint density at radius 1 is 1.50 bits per heavy atom. The first-order valence-electron chi connectivity index (χ1n) is 6.11. The summed E-state index contributed by atoms with van der Waals surface area (Å²) in [5.41, 5.74) is 0.206. The van der Waals surface area contributed by atoms with Gasteiger partial charge in [0.25, 0.3) is 5.91 Å². The molecule has 2 amide bonds. The largest absolute Gasteiger partial charge is 0.481 e. The second kappa shape index (κ2) is 6.99. The van der Waals surface area contributed by atoms with Crippen LogP contribution in [0.1, 0.15) is 37.7 Å². The van der Waals surface area contributed by atoms with Gasteiger partial charge >= 0.3 is 5.97 Å². The molecule has 0 bridgehead atoms. The highest BCUT2D eigenvalue weighted by molar-refractivity contribution is 7.14. The van der Waals surface area contributed by atoms with E-state index in [9.17, 15) is 14.4 Å². The molecule has 1 rings (SSSR count). The molecule has 1 unspecified atom stereocenters. The molecule has 1 aromatic rings. The van der Waals surface area contributed by atoms with Gasteiger partial charge in [-0.3, -0.25) is 14.4 Å². The van der Waals surface area contributed by atoms with Crippen LogP contribution in [0.5, 0.6) is 0 Å². The molecule has 1 aromatic heterocycles. The zero-order chi connectivity index (χ0) is 15.3. The number of hydrogen-bond acceptors (Lipinski definition) is 5. The third-order valence-corrected chi connectivity index (χ3v) is 3.37. The number of carbonyl (C=O) groups is 3. The second-order valence-corrected chi connectivity index (χ2v) is 5.12. The molecule has 7 nitrogen and oxygen atoms in total. The minimum atomic E-state index is -0.957. The first-order chi connectivity index (χ1) is 9.35. The molecule has 110 valence electrons. The number of thiazole rings is 1. The molecule has 0 fully saturated rings. The van der Waals surface area contributed by atoms with Crippen LogP contribution >= 0.6 is 11.3 Å². The monoisotopic (exact) mass is 299 g/mol. The van der Waals surface area contributed by atoms with Crippen LogP contribution in [0, 0.1) is 0 Å². The summed E-state index contributed by atoms with van der Waals surface area (Å²) in [7, 11) is 0. The number of nitrogens with zero attached hydrogens (tertiary/aromatic N) is 2. The minimum absolute atomic E-state index is 0.123. The van der Waals surface area contributed by atoms with Crippen molar-refractivity contribution in [2.24, 2.45) is 0 Å². The summed E-state index contributed by atoms with van der Waals surface area (Å²) >= 11 is 1.15. The molecule has 8 heteroatoms. The Morgan fingerprint density at radius 2 is 2.15 bits per heavy atom. The SMILES string of the molecule is CCN(C(=O)c1csc(NC(C)=O)n1)C(C)CC(=O)O. The summed E-state index contributed by atoms with van der Waals surface area (Å²) < 4.78 is 0. The Hall–Kier alpha value is -1.96. The van der Waals surface area contributed by atoms with Gasteiger partial charge in [0.1, 0.15) is 5.69 Å². The lowest BCUT2D eigenvalue weighted by Gasteiger charge is -2.26. The molecule has 0 aromatic carbocycles. The van der Waals surface area contributed by atoms with Crippen LogP contribution in [-0.2, 0) is 9.59 Å². The van der Waals surface area contributed by atoms with Gasteiger partial charge in [-0.25, -0.2) is 4.98 Å². The van der Waals surface area contributed by atoms with Crippen LogP contribution in [-0.4, -0.2) is 45.4 Å². The molecule has 1 atom stereocenters. The predicted octanol–water partition coefficient (Wildman–Crippen LogP) is 1.43. The van der Waals surface area contributed by atoms with Gasteiger partial charge in [0.05, 0.1) is 6.42 Å². The number of rotatable bonds is 6. The van der Waals surface area contributed by atoms with Crippen molar-refractivity contribution in [3.05, 3.63) is 11.1 Å². The second-order valence-electron chi connectivity index (χ2n) is 4.26. The number of nitrogens with one attached hydrogen (secondary N) is 1. The van der Waals surface area contributed by atoms with Crippen LogP contribution in [0.15, 0.2) is 5.38 Å². The van der Waals surface area contributed by atoms with Gasteiger partial charge in [-0.2, -0.15) is 0 Å². The molecule has 0 radical (unpaired) electrons.